The predicted octanol–water partition coefficient (Wildman–Crippen LogP) is 2.32. The van der Waals surface area contributed by atoms with Crippen molar-refractivity contribution in [2.24, 2.45) is 10.7 Å². The number of amides is 1. The van der Waals surface area contributed by atoms with Gasteiger partial charge >= 0.3 is 0 Å². The lowest BCUT2D eigenvalue weighted by Crippen LogP contribution is -2.46. The van der Waals surface area contributed by atoms with Gasteiger partial charge in [-0.2, -0.15) is 0 Å². The second-order valence-corrected chi connectivity index (χ2v) is 7.70. The molecule has 0 bridgehead atoms. The minimum atomic E-state index is 0.282. The highest BCUT2D eigenvalue weighted by Crippen LogP contribution is 2.26. The maximum atomic E-state index is 11.2. The number of carbonyl (C=O) groups is 1. The first-order valence-corrected chi connectivity index (χ1v) is 10.6. The molecule has 31 heavy (non-hydrogen) atoms. The molecule has 2 heterocycles. The molecule has 1 aromatic heterocycles. The number of nitrogens with one attached hydrogen (secondary N) is 1. The number of carbonyl (C=O) groups excluding carboxylic acids is 1. The van der Waals surface area contributed by atoms with E-state index < -0.39 is 0 Å². The molecule has 3 N–H and O–H groups in total. The summed E-state index contributed by atoms with van der Waals surface area (Å²) in [5.41, 5.74) is 11.7. The predicted molar refractivity (Wildman–Crippen MR) is 125 cm³/mol. The van der Waals surface area contributed by atoms with E-state index in [2.05, 4.69) is 49.1 Å². The van der Waals surface area contributed by atoms with Gasteiger partial charge in [0, 0.05) is 38.1 Å². The molecule has 0 unspecified atom stereocenters. The number of hydrogen-bond acceptors (Lipinski definition) is 7. The largest absolute Gasteiger partial charge is 0.396 e. The van der Waals surface area contributed by atoms with Crippen molar-refractivity contribution >= 4 is 29.7 Å². The summed E-state index contributed by atoms with van der Waals surface area (Å²) in [5.74, 6) is 0.282. The van der Waals surface area contributed by atoms with E-state index in [1.165, 1.54) is 5.69 Å². The number of benzene rings is 1. The smallest absolute Gasteiger partial charge is 0.212 e. The van der Waals surface area contributed by atoms with E-state index in [9.17, 15) is 4.79 Å². The van der Waals surface area contributed by atoms with Crippen molar-refractivity contribution in [3.8, 4) is 0 Å². The third-order valence-electron chi connectivity index (χ3n) is 5.46. The zero-order valence-electron chi connectivity index (χ0n) is 18.7. The molecule has 0 saturated carbocycles. The van der Waals surface area contributed by atoms with Gasteiger partial charge in [-0.25, -0.2) is 4.99 Å². The van der Waals surface area contributed by atoms with Crippen molar-refractivity contribution in [3.63, 3.8) is 0 Å². The zero-order chi connectivity index (χ0) is 22.4. The van der Waals surface area contributed by atoms with Crippen LogP contribution in [0, 0.1) is 20.8 Å². The van der Waals surface area contributed by atoms with Crippen LogP contribution in [0.15, 0.2) is 35.1 Å². The molecule has 8 heteroatoms. The molecule has 2 aromatic rings. The molecule has 0 spiro atoms. The van der Waals surface area contributed by atoms with Crippen LogP contribution in [-0.2, 0) is 4.79 Å². The number of rotatable bonds is 6. The van der Waals surface area contributed by atoms with E-state index in [1.54, 1.807) is 12.3 Å². The molecule has 8 nitrogen and oxygen atoms in total. The second-order valence-electron chi connectivity index (χ2n) is 7.70. The molecule has 1 aliphatic heterocycles. The quantitative estimate of drug-likeness (QED) is 0.422. The van der Waals surface area contributed by atoms with Gasteiger partial charge in [0.05, 0.1) is 28.5 Å². The Kier molecular flexibility index (Phi) is 7.36. The summed E-state index contributed by atoms with van der Waals surface area (Å²) in [4.78, 5) is 29.4. The Morgan fingerprint density at radius 3 is 2.58 bits per heavy atom. The van der Waals surface area contributed by atoms with Crippen LogP contribution < -0.4 is 16.0 Å². The normalized spacial score (nSPS) is 15.8. The van der Waals surface area contributed by atoms with E-state index in [-0.39, 0.29) is 5.84 Å². The minimum Gasteiger partial charge on any atom is -0.396 e. The Bertz CT molecular complexity index is 991. The van der Waals surface area contributed by atoms with Crippen molar-refractivity contribution in [1.29, 1.82) is 0 Å². The summed E-state index contributed by atoms with van der Waals surface area (Å²) in [5, 5.41) is 2.61. The first kappa shape index (κ1) is 22.4. The summed E-state index contributed by atoms with van der Waals surface area (Å²) in [6.45, 7) is 13.2. The second kappa shape index (κ2) is 10.2. The maximum Gasteiger partial charge on any atom is 0.212 e. The molecule has 1 aliphatic rings. The fraction of sp³-hybridized carbons (Fsp3) is 0.391. The molecule has 1 amide bonds. The van der Waals surface area contributed by atoms with E-state index in [1.807, 2.05) is 26.8 Å². The zero-order valence-corrected chi connectivity index (χ0v) is 18.7. The summed E-state index contributed by atoms with van der Waals surface area (Å²) in [7, 11) is 0. The number of amidine groups is 1. The molecule has 1 aromatic carbocycles. The van der Waals surface area contributed by atoms with Crippen molar-refractivity contribution in [3.05, 3.63) is 52.7 Å². The van der Waals surface area contributed by atoms with Crippen LogP contribution >= 0.6 is 0 Å². The Hall–Kier alpha value is -3.26. The maximum absolute atomic E-state index is 11.2. The summed E-state index contributed by atoms with van der Waals surface area (Å²) in [6.07, 6.45) is 3.93. The average Bonchev–Trinajstić information content (AvgIpc) is 2.76. The van der Waals surface area contributed by atoms with Crippen LogP contribution in [-0.4, -0.2) is 59.8 Å². The highest BCUT2D eigenvalue weighted by atomic mass is 16.1. The fourth-order valence-corrected chi connectivity index (χ4v) is 3.60. The topological polar surface area (TPSA) is 99.7 Å². The van der Waals surface area contributed by atoms with Gasteiger partial charge < -0.3 is 20.9 Å². The number of piperazine rings is 1. The van der Waals surface area contributed by atoms with Gasteiger partial charge in [-0.15, -0.1) is 0 Å². The monoisotopic (exact) mass is 421 g/mol. The van der Waals surface area contributed by atoms with Crippen molar-refractivity contribution < 1.29 is 4.79 Å². The molecular weight excluding hydrogens is 390 g/mol. The lowest BCUT2D eigenvalue weighted by Gasteiger charge is -2.35. The number of aromatic nitrogens is 2. The Morgan fingerprint density at radius 2 is 1.97 bits per heavy atom. The van der Waals surface area contributed by atoms with Crippen LogP contribution in [0.25, 0.3) is 6.08 Å². The number of anilines is 1. The van der Waals surface area contributed by atoms with E-state index in [4.69, 9.17) is 5.73 Å². The highest BCUT2D eigenvalue weighted by Gasteiger charge is 2.16. The van der Waals surface area contributed by atoms with Gasteiger partial charge in [-0.05, 0) is 57.2 Å². The van der Waals surface area contributed by atoms with E-state index >= 15 is 0 Å². The molecule has 1 fully saturated rings. The number of aliphatic imine (C=N–C) groups is 1. The molecule has 0 radical (unpaired) electrons. The van der Waals surface area contributed by atoms with E-state index in [0.29, 0.717) is 17.8 Å². The Balaban J connectivity index is 1.84. The van der Waals surface area contributed by atoms with Gasteiger partial charge in [0.15, 0.2) is 5.84 Å². The SMILES string of the molecule is CCN1CCN(c2ccc(N=C(NC=O)C(N)=Cc3ncc(C)nc3C)c(C)c2)CC1. The van der Waals surface area contributed by atoms with Crippen molar-refractivity contribution in [2.45, 2.75) is 27.7 Å². The lowest BCUT2D eigenvalue weighted by molar-refractivity contribution is -0.108. The Labute approximate surface area is 183 Å². The first-order chi connectivity index (χ1) is 14.9. The third-order valence-corrected chi connectivity index (χ3v) is 5.46. The molecule has 0 atom stereocenters. The van der Waals surface area contributed by atoms with Crippen molar-refractivity contribution in [2.75, 3.05) is 37.6 Å². The van der Waals surface area contributed by atoms with Crippen LogP contribution in [0.5, 0.6) is 0 Å². The number of nitrogens with two attached hydrogens (primary N) is 1. The van der Waals surface area contributed by atoms with Crippen LogP contribution in [0.2, 0.25) is 0 Å². The molecule has 3 rings (SSSR count). The van der Waals surface area contributed by atoms with Gasteiger partial charge in [0.2, 0.25) is 6.41 Å². The number of aryl methyl sites for hydroxylation is 3. The summed E-state index contributed by atoms with van der Waals surface area (Å²) in [6, 6.07) is 6.17. The lowest BCUT2D eigenvalue weighted by atomic mass is 10.1. The summed E-state index contributed by atoms with van der Waals surface area (Å²) >= 11 is 0. The van der Waals surface area contributed by atoms with Crippen molar-refractivity contribution in [1.82, 2.24) is 20.2 Å². The molecular formula is C23H31N7O. The van der Waals surface area contributed by atoms with Gasteiger partial charge in [-0.3, -0.25) is 14.8 Å². The number of nitrogens with zero attached hydrogens (tertiary/aromatic N) is 5. The molecule has 164 valence electrons. The van der Waals surface area contributed by atoms with Crippen LogP contribution in [0.1, 0.15) is 29.6 Å². The van der Waals surface area contributed by atoms with Crippen LogP contribution in [0.4, 0.5) is 11.4 Å². The molecule has 1 saturated heterocycles. The standard InChI is InChI=1S/C23H31N7O/c1-5-29-8-10-30(11-9-29)19-6-7-21(16(2)12-19)28-23(26-15-31)20(24)13-22-18(4)27-17(3)14-25-22/h6-7,12-15H,5,8-11,24H2,1-4H3,(H,26,28,31). The van der Waals surface area contributed by atoms with Crippen LogP contribution in [0.3, 0.4) is 0 Å². The third kappa shape index (κ3) is 5.67. The van der Waals surface area contributed by atoms with Gasteiger partial charge in [0.25, 0.3) is 0 Å². The fourth-order valence-electron chi connectivity index (χ4n) is 3.60. The van der Waals surface area contributed by atoms with Gasteiger partial charge in [0.1, 0.15) is 0 Å². The highest BCUT2D eigenvalue weighted by molar-refractivity contribution is 6.06. The minimum absolute atomic E-state index is 0.282. The number of hydrogen-bond donors (Lipinski definition) is 2. The Morgan fingerprint density at radius 1 is 1.23 bits per heavy atom. The molecule has 0 aliphatic carbocycles. The average molecular weight is 422 g/mol. The van der Waals surface area contributed by atoms with E-state index in [0.717, 1.165) is 55.4 Å². The number of likely N-dealkylation sites (N-methyl/N-ethyl adjacent to an activating group) is 1. The van der Waals surface area contributed by atoms with Gasteiger partial charge in [-0.1, -0.05) is 6.92 Å². The summed E-state index contributed by atoms with van der Waals surface area (Å²) < 4.78 is 0. The first-order valence-electron chi connectivity index (χ1n) is 10.6.